The van der Waals surface area contributed by atoms with Crippen LogP contribution in [0.4, 0.5) is 43.9 Å². The van der Waals surface area contributed by atoms with Gasteiger partial charge in [0.1, 0.15) is 18.1 Å². The van der Waals surface area contributed by atoms with Crippen LogP contribution in [-0.2, 0) is 30.5 Å². The Bertz CT molecular complexity index is 1960. The minimum absolute atomic E-state index is 0.0526. The average molecular weight is 890 g/mol. The number of alkyl halides is 10. The van der Waals surface area contributed by atoms with Crippen LogP contribution in [0.5, 0.6) is 11.5 Å². The zero-order chi connectivity index (χ0) is 43.2. The molecule has 3 aliphatic carbocycles. The fourth-order valence-electron chi connectivity index (χ4n) is 8.47. The number of hydrogen-bond acceptors (Lipinski definition) is 6. The van der Waals surface area contributed by atoms with E-state index in [2.05, 4.69) is 0 Å². The third-order valence-electron chi connectivity index (χ3n) is 11.4. The Balaban J connectivity index is 1.17. The van der Waals surface area contributed by atoms with Crippen molar-refractivity contribution in [2.45, 2.75) is 109 Å². The van der Waals surface area contributed by atoms with Gasteiger partial charge in [-0.3, -0.25) is 4.55 Å². The zero-order valence-corrected chi connectivity index (χ0v) is 33.3. The molecule has 3 saturated carbocycles. The number of ether oxygens (including phenoxy) is 4. The molecule has 0 spiro atoms. The van der Waals surface area contributed by atoms with Gasteiger partial charge < -0.3 is 18.9 Å². The maximum Gasteiger partial charge on any atom is 0.431 e. The lowest BCUT2D eigenvalue weighted by Crippen LogP contribution is -2.64. The smallest absolute Gasteiger partial charge is 0.431 e. The van der Waals surface area contributed by atoms with E-state index < -0.39 is 88.1 Å². The highest BCUT2D eigenvalue weighted by Gasteiger charge is 2.74. The number of benzene rings is 3. The van der Waals surface area contributed by atoms with Crippen molar-refractivity contribution >= 4 is 21.0 Å². The SMILES string of the molecule is CC(C)C(OC1CC2CC1C1CCCC21)OC(COc1ccc([S+](c2ccccc2)c2ccc(OCCC(F)(F)C(F)(F)S(=O)(=O)O)cc2)cc1)(C(F)(F)F)C(F)(F)F. The second-order valence-corrected chi connectivity index (χ2v) is 19.0. The van der Waals surface area contributed by atoms with Crippen molar-refractivity contribution in [3.05, 3.63) is 78.9 Å². The van der Waals surface area contributed by atoms with Gasteiger partial charge >= 0.3 is 33.6 Å². The van der Waals surface area contributed by atoms with Gasteiger partial charge in [-0.1, -0.05) is 38.5 Å². The lowest BCUT2D eigenvalue weighted by Gasteiger charge is -2.42. The first kappa shape index (κ1) is 45.3. The summed E-state index contributed by atoms with van der Waals surface area (Å²) in [6.45, 7) is -0.107. The molecule has 3 aliphatic rings. The minimum atomic E-state index is -6.41. The Hall–Kier alpha value is -3.26. The fraction of sp³-hybridized carbons (Fsp3) is 0.550. The third kappa shape index (κ3) is 9.19. The van der Waals surface area contributed by atoms with Crippen molar-refractivity contribution in [3.8, 4) is 11.5 Å². The third-order valence-corrected chi connectivity index (χ3v) is 14.6. The Morgan fingerprint density at radius 3 is 1.76 bits per heavy atom. The minimum Gasteiger partial charge on any atom is -0.493 e. The molecule has 6 rings (SSSR count). The molecule has 0 saturated heterocycles. The summed E-state index contributed by atoms with van der Waals surface area (Å²) in [6, 6.07) is 19.8. The summed E-state index contributed by atoms with van der Waals surface area (Å²) in [7, 11) is -7.38. The molecule has 3 aromatic rings. The predicted molar refractivity (Wildman–Crippen MR) is 195 cm³/mol. The molecule has 0 radical (unpaired) electrons. The second-order valence-electron chi connectivity index (χ2n) is 15.5. The molecule has 7 unspecified atom stereocenters. The number of rotatable bonds is 17. The van der Waals surface area contributed by atoms with E-state index in [4.69, 9.17) is 23.5 Å². The molecule has 7 atom stereocenters. The highest BCUT2D eigenvalue weighted by molar-refractivity contribution is 7.97. The first-order valence-corrected chi connectivity index (χ1v) is 21.6. The van der Waals surface area contributed by atoms with Gasteiger partial charge in [0.2, 0.25) is 0 Å². The maximum absolute atomic E-state index is 14.7. The second kappa shape index (κ2) is 16.9. The highest BCUT2D eigenvalue weighted by Crippen LogP contribution is 2.60. The van der Waals surface area contributed by atoms with Gasteiger partial charge in [-0.2, -0.15) is 52.3 Å². The summed E-state index contributed by atoms with van der Waals surface area (Å²) in [5.74, 6) is -5.08. The standard InChI is InChI=1S/C40H42F10O7S2/c1-24(2)35(56-34-22-25-21-33(34)32-10-6-9-31(25)32)57-36(38(43,44)45,39(46,47)48)23-55-27-13-17-30(18-14-27)58(28-7-4-3-5-8-28)29-15-11-26(12-16-29)54-20-19-37(41,42)40(49,50)59(51,52)53/h3-5,7-8,11-18,24-25,31-35H,6,9-10,19-23H2,1-2H3/p+1. The van der Waals surface area contributed by atoms with Crippen LogP contribution >= 0.6 is 0 Å². The van der Waals surface area contributed by atoms with Crippen LogP contribution in [-0.4, -0.2) is 67.7 Å². The Labute approximate surface area is 337 Å². The molecular weight excluding hydrogens is 847 g/mol. The number of halogens is 10. The van der Waals surface area contributed by atoms with Gasteiger partial charge in [-0.25, -0.2) is 0 Å². The van der Waals surface area contributed by atoms with E-state index >= 15 is 0 Å². The van der Waals surface area contributed by atoms with E-state index in [0.717, 1.165) is 30.6 Å². The molecule has 0 aliphatic heterocycles. The molecule has 7 nitrogen and oxygen atoms in total. The topological polar surface area (TPSA) is 91.3 Å². The first-order valence-electron chi connectivity index (χ1n) is 18.9. The summed E-state index contributed by atoms with van der Waals surface area (Å²) >= 11 is 0. The largest absolute Gasteiger partial charge is 0.493 e. The first-order chi connectivity index (χ1) is 27.5. The molecule has 59 heavy (non-hydrogen) atoms. The molecule has 19 heteroatoms. The number of fused-ring (bicyclic) bond motifs is 5. The van der Waals surface area contributed by atoms with E-state index in [-0.39, 0.29) is 17.4 Å². The van der Waals surface area contributed by atoms with Crippen LogP contribution in [0.25, 0.3) is 0 Å². The van der Waals surface area contributed by atoms with Crippen LogP contribution < -0.4 is 9.47 Å². The van der Waals surface area contributed by atoms with Gasteiger partial charge in [0, 0.05) is 5.92 Å². The van der Waals surface area contributed by atoms with Gasteiger partial charge in [0.25, 0.3) is 5.60 Å². The van der Waals surface area contributed by atoms with Crippen molar-refractivity contribution in [1.82, 2.24) is 0 Å². The zero-order valence-electron chi connectivity index (χ0n) is 31.7. The lowest BCUT2D eigenvalue weighted by atomic mass is 9.80. The van der Waals surface area contributed by atoms with E-state index in [1.807, 2.05) is 0 Å². The van der Waals surface area contributed by atoms with Crippen LogP contribution in [0.2, 0.25) is 0 Å². The maximum atomic E-state index is 14.7. The van der Waals surface area contributed by atoms with Crippen LogP contribution in [0, 0.1) is 29.6 Å². The van der Waals surface area contributed by atoms with Crippen molar-refractivity contribution in [1.29, 1.82) is 0 Å². The molecule has 2 bridgehead atoms. The van der Waals surface area contributed by atoms with Crippen molar-refractivity contribution in [3.63, 3.8) is 0 Å². The normalized spacial score (nSPS) is 23.7. The predicted octanol–water partition coefficient (Wildman–Crippen LogP) is 10.7. The molecule has 326 valence electrons. The highest BCUT2D eigenvalue weighted by atomic mass is 32.2. The molecule has 3 fully saturated rings. The Morgan fingerprint density at radius 1 is 0.712 bits per heavy atom. The Kier molecular flexibility index (Phi) is 13.0. The summed E-state index contributed by atoms with van der Waals surface area (Å²) in [6.07, 6.45) is -11.5. The molecule has 0 heterocycles. The lowest BCUT2D eigenvalue weighted by molar-refractivity contribution is -0.421. The van der Waals surface area contributed by atoms with E-state index in [1.54, 1.807) is 30.3 Å². The van der Waals surface area contributed by atoms with Crippen molar-refractivity contribution in [2.75, 3.05) is 13.2 Å². The summed E-state index contributed by atoms with van der Waals surface area (Å²) in [5, 5.41) is -5.75. The van der Waals surface area contributed by atoms with Crippen molar-refractivity contribution < 1.29 is 75.8 Å². The van der Waals surface area contributed by atoms with Crippen LogP contribution in [0.15, 0.2) is 93.5 Å². The fourth-order valence-corrected chi connectivity index (χ4v) is 11.0. The summed E-state index contributed by atoms with van der Waals surface area (Å²) in [5.41, 5.74) is -4.73. The molecule has 0 amide bonds. The van der Waals surface area contributed by atoms with E-state index in [1.165, 1.54) is 62.4 Å². The number of hydrogen-bond donors (Lipinski definition) is 1. The van der Waals surface area contributed by atoms with Gasteiger partial charge in [-0.15, -0.1) is 0 Å². The van der Waals surface area contributed by atoms with E-state index in [0.29, 0.717) is 34.0 Å². The van der Waals surface area contributed by atoms with Gasteiger partial charge in [0.05, 0.1) is 30.0 Å². The quantitative estimate of drug-likeness (QED) is 0.0625. The van der Waals surface area contributed by atoms with Gasteiger partial charge in [0.15, 0.2) is 21.0 Å². The van der Waals surface area contributed by atoms with Crippen molar-refractivity contribution in [2.24, 2.45) is 29.6 Å². The summed E-state index contributed by atoms with van der Waals surface area (Å²) in [4.78, 5) is 1.85. The molecule has 1 N–H and O–H groups in total. The van der Waals surface area contributed by atoms with Crippen LogP contribution in [0.1, 0.15) is 52.4 Å². The average Bonchev–Trinajstić information content (AvgIpc) is 3.88. The summed E-state index contributed by atoms with van der Waals surface area (Å²) < 4.78 is 195. The van der Waals surface area contributed by atoms with Gasteiger partial charge in [-0.05, 0) is 110 Å². The monoisotopic (exact) mass is 889 g/mol. The van der Waals surface area contributed by atoms with E-state index in [9.17, 15) is 52.3 Å². The molecular formula is C40H43F10O7S2+. The Morgan fingerprint density at radius 2 is 1.24 bits per heavy atom. The molecule has 3 aromatic carbocycles. The molecule has 0 aromatic heterocycles. The van der Waals surface area contributed by atoms with Crippen LogP contribution in [0.3, 0.4) is 0 Å².